The molecule has 5 heteroatoms. The van der Waals surface area contributed by atoms with Gasteiger partial charge in [0.05, 0.1) is 6.21 Å². The molecule has 1 aromatic carbocycles. The number of allylic oxidation sites excluding steroid dienone is 1. The largest absolute Gasteiger partial charge is 0.250 e. The van der Waals surface area contributed by atoms with E-state index < -0.39 is 0 Å². The van der Waals surface area contributed by atoms with E-state index in [4.69, 9.17) is 12.2 Å². The van der Waals surface area contributed by atoms with Crippen molar-refractivity contribution in [1.82, 2.24) is 14.9 Å². The molecule has 0 amide bonds. The SMILES string of the molecule is CC(/C=N\n1c(C)n[nH]c1=S)=C/c1ccccc1. The van der Waals surface area contributed by atoms with Crippen LogP contribution in [0.25, 0.3) is 6.08 Å². The minimum Gasteiger partial charge on any atom is -0.250 e. The van der Waals surface area contributed by atoms with Crippen molar-refractivity contribution in [2.45, 2.75) is 13.8 Å². The fourth-order valence-corrected chi connectivity index (χ4v) is 1.73. The van der Waals surface area contributed by atoms with Crippen LogP contribution in [0.4, 0.5) is 0 Å². The Morgan fingerprint density at radius 2 is 2.11 bits per heavy atom. The van der Waals surface area contributed by atoms with Gasteiger partial charge in [0, 0.05) is 0 Å². The van der Waals surface area contributed by atoms with Gasteiger partial charge in [-0.25, -0.2) is 0 Å². The first kappa shape index (κ1) is 12.4. The molecule has 0 saturated heterocycles. The molecule has 0 aliphatic carbocycles. The van der Waals surface area contributed by atoms with Crippen molar-refractivity contribution in [2.24, 2.45) is 5.10 Å². The van der Waals surface area contributed by atoms with E-state index in [-0.39, 0.29) is 0 Å². The Morgan fingerprint density at radius 1 is 1.39 bits per heavy atom. The number of rotatable bonds is 3. The second kappa shape index (κ2) is 5.55. The molecule has 0 fully saturated rings. The fourth-order valence-electron chi connectivity index (χ4n) is 1.50. The van der Waals surface area contributed by atoms with Gasteiger partial charge in [-0.2, -0.15) is 14.9 Å². The fraction of sp³-hybridized carbons (Fsp3) is 0.154. The van der Waals surface area contributed by atoms with Gasteiger partial charge in [0.1, 0.15) is 5.82 Å². The molecule has 2 rings (SSSR count). The lowest BCUT2D eigenvalue weighted by Crippen LogP contribution is -1.93. The number of nitrogens with one attached hydrogen (secondary N) is 1. The van der Waals surface area contributed by atoms with Gasteiger partial charge >= 0.3 is 0 Å². The zero-order valence-electron chi connectivity index (χ0n) is 10.3. The second-order valence-corrected chi connectivity index (χ2v) is 4.32. The van der Waals surface area contributed by atoms with E-state index in [1.165, 1.54) is 0 Å². The van der Waals surface area contributed by atoms with Crippen LogP contribution in [0, 0.1) is 11.7 Å². The highest BCUT2D eigenvalue weighted by Crippen LogP contribution is 2.05. The van der Waals surface area contributed by atoms with E-state index in [0.29, 0.717) is 4.77 Å². The quantitative estimate of drug-likeness (QED) is 0.679. The van der Waals surface area contributed by atoms with Gasteiger partial charge in [0.15, 0.2) is 0 Å². The molecule has 0 spiro atoms. The Labute approximate surface area is 111 Å². The first-order chi connectivity index (χ1) is 8.66. The number of aromatic amines is 1. The van der Waals surface area contributed by atoms with E-state index in [2.05, 4.69) is 21.4 Å². The monoisotopic (exact) mass is 258 g/mol. The van der Waals surface area contributed by atoms with Crippen LogP contribution in [0.3, 0.4) is 0 Å². The Bertz CT molecular complexity index is 635. The molecule has 92 valence electrons. The van der Waals surface area contributed by atoms with Crippen LogP contribution in [-0.4, -0.2) is 21.1 Å². The summed E-state index contributed by atoms with van der Waals surface area (Å²) in [6, 6.07) is 10.1. The lowest BCUT2D eigenvalue weighted by molar-refractivity contribution is 0.820. The summed E-state index contributed by atoms with van der Waals surface area (Å²) in [5.74, 6) is 0.740. The van der Waals surface area contributed by atoms with Crippen LogP contribution in [0.1, 0.15) is 18.3 Å². The number of hydrogen-bond donors (Lipinski definition) is 1. The topological polar surface area (TPSA) is 46.0 Å². The highest BCUT2D eigenvalue weighted by molar-refractivity contribution is 7.71. The Kier molecular flexibility index (Phi) is 3.84. The van der Waals surface area contributed by atoms with Gasteiger partial charge < -0.3 is 0 Å². The van der Waals surface area contributed by atoms with Crippen molar-refractivity contribution in [3.05, 3.63) is 52.1 Å². The highest BCUT2D eigenvalue weighted by Gasteiger charge is 1.96. The minimum absolute atomic E-state index is 0.497. The van der Waals surface area contributed by atoms with Gasteiger partial charge in [-0.15, -0.1) is 0 Å². The summed E-state index contributed by atoms with van der Waals surface area (Å²) in [6.45, 7) is 3.84. The van der Waals surface area contributed by atoms with Gasteiger partial charge in [0.25, 0.3) is 0 Å². The highest BCUT2D eigenvalue weighted by atomic mass is 32.1. The van der Waals surface area contributed by atoms with Crippen LogP contribution in [0.5, 0.6) is 0 Å². The van der Waals surface area contributed by atoms with Crippen molar-refractivity contribution in [3.8, 4) is 0 Å². The summed E-state index contributed by atoms with van der Waals surface area (Å²) in [4.78, 5) is 0. The van der Waals surface area contributed by atoms with Crippen molar-refractivity contribution < 1.29 is 0 Å². The number of benzene rings is 1. The predicted octanol–water partition coefficient (Wildman–Crippen LogP) is 3.19. The first-order valence-corrected chi connectivity index (χ1v) is 5.99. The number of aromatic nitrogens is 3. The number of hydrogen-bond acceptors (Lipinski definition) is 3. The molecule has 0 radical (unpaired) electrons. The lowest BCUT2D eigenvalue weighted by atomic mass is 10.1. The van der Waals surface area contributed by atoms with Gasteiger partial charge in [-0.3, -0.25) is 5.10 Å². The van der Waals surface area contributed by atoms with Crippen LogP contribution in [-0.2, 0) is 0 Å². The Morgan fingerprint density at radius 3 is 2.72 bits per heavy atom. The van der Waals surface area contributed by atoms with Gasteiger partial charge in [-0.05, 0) is 37.2 Å². The molecular weight excluding hydrogens is 244 g/mol. The van der Waals surface area contributed by atoms with Crippen molar-refractivity contribution in [2.75, 3.05) is 0 Å². The summed E-state index contributed by atoms with van der Waals surface area (Å²) >= 11 is 5.07. The molecular formula is C13H14N4S. The minimum atomic E-state index is 0.497. The van der Waals surface area contributed by atoms with Gasteiger partial charge in [-0.1, -0.05) is 36.4 Å². The molecule has 0 aliphatic rings. The summed E-state index contributed by atoms with van der Waals surface area (Å²) in [5, 5.41) is 11.0. The normalized spacial score (nSPS) is 12.2. The summed E-state index contributed by atoms with van der Waals surface area (Å²) in [5.41, 5.74) is 2.19. The zero-order chi connectivity index (χ0) is 13.0. The summed E-state index contributed by atoms with van der Waals surface area (Å²) in [7, 11) is 0. The van der Waals surface area contributed by atoms with E-state index in [9.17, 15) is 0 Å². The molecule has 18 heavy (non-hydrogen) atoms. The van der Waals surface area contributed by atoms with Crippen molar-refractivity contribution in [3.63, 3.8) is 0 Å². The molecule has 1 N–H and O–H groups in total. The third-order valence-corrected chi connectivity index (χ3v) is 2.65. The summed E-state index contributed by atoms with van der Waals surface area (Å²) in [6.07, 6.45) is 3.83. The predicted molar refractivity (Wildman–Crippen MR) is 76.1 cm³/mol. The molecule has 0 aliphatic heterocycles. The maximum absolute atomic E-state index is 5.07. The van der Waals surface area contributed by atoms with E-state index in [0.717, 1.165) is 17.0 Å². The molecule has 1 heterocycles. The maximum atomic E-state index is 5.07. The molecule has 1 aromatic heterocycles. The van der Waals surface area contributed by atoms with Crippen molar-refractivity contribution >= 4 is 24.5 Å². The second-order valence-electron chi connectivity index (χ2n) is 3.93. The number of aryl methyl sites for hydroxylation is 1. The summed E-state index contributed by atoms with van der Waals surface area (Å²) < 4.78 is 2.09. The smallest absolute Gasteiger partial charge is 0.216 e. The Hall–Kier alpha value is -2.01. The lowest BCUT2D eigenvalue weighted by Gasteiger charge is -1.96. The van der Waals surface area contributed by atoms with Gasteiger partial charge in [0.2, 0.25) is 4.77 Å². The van der Waals surface area contributed by atoms with Crippen molar-refractivity contribution in [1.29, 1.82) is 0 Å². The van der Waals surface area contributed by atoms with Crippen LogP contribution in [0.2, 0.25) is 0 Å². The molecule has 0 bridgehead atoms. The average Bonchev–Trinajstić information content (AvgIpc) is 2.68. The molecule has 2 aromatic rings. The number of H-pyrrole nitrogens is 1. The average molecular weight is 258 g/mol. The third kappa shape index (κ3) is 3.01. The molecule has 0 atom stereocenters. The maximum Gasteiger partial charge on any atom is 0.216 e. The molecule has 0 saturated carbocycles. The van der Waals surface area contributed by atoms with E-state index in [1.807, 2.05) is 44.2 Å². The molecule has 4 nitrogen and oxygen atoms in total. The zero-order valence-corrected chi connectivity index (χ0v) is 11.1. The van der Waals surface area contributed by atoms with Crippen LogP contribution < -0.4 is 0 Å². The number of nitrogens with zero attached hydrogens (tertiary/aromatic N) is 3. The van der Waals surface area contributed by atoms with Crippen LogP contribution in [0.15, 0.2) is 41.0 Å². The van der Waals surface area contributed by atoms with E-state index >= 15 is 0 Å². The first-order valence-electron chi connectivity index (χ1n) is 5.58. The van der Waals surface area contributed by atoms with Crippen LogP contribution >= 0.6 is 12.2 Å². The Balaban J connectivity index is 2.20. The third-order valence-electron chi connectivity index (χ3n) is 2.38. The molecule has 0 unspecified atom stereocenters. The standard InChI is InChI=1S/C13H14N4S/c1-10(8-12-6-4-3-5-7-12)9-14-17-11(2)15-16-13(17)18/h3-9H,1-2H3,(H,16,18)/b10-8-,14-9-. The van der Waals surface area contributed by atoms with E-state index in [1.54, 1.807) is 10.9 Å².